The molecule has 14 heteroatoms. The number of ether oxygens (including phenoxy) is 1. The quantitative estimate of drug-likeness (QED) is 0.329. The number of hydrazine groups is 1. The van der Waals surface area contributed by atoms with E-state index >= 15 is 0 Å². The molecule has 3 aromatic rings. The van der Waals surface area contributed by atoms with Gasteiger partial charge in [-0.1, -0.05) is 12.1 Å². The van der Waals surface area contributed by atoms with Gasteiger partial charge in [-0.15, -0.1) is 11.3 Å². The summed E-state index contributed by atoms with van der Waals surface area (Å²) in [6.45, 7) is 3.69. The number of thiophene rings is 1. The van der Waals surface area contributed by atoms with Crippen LogP contribution < -0.4 is 10.9 Å². The second-order valence-corrected chi connectivity index (χ2v) is 9.17. The van der Waals surface area contributed by atoms with Crippen LogP contribution in [0.15, 0.2) is 41.5 Å². The van der Waals surface area contributed by atoms with Gasteiger partial charge in [0.05, 0.1) is 34.2 Å². The molecule has 10 nitrogen and oxygen atoms in total. The number of carbonyl (C=O) groups is 2. The third kappa shape index (κ3) is 5.98. The van der Waals surface area contributed by atoms with Gasteiger partial charge in [-0.25, -0.2) is 10.4 Å². The van der Waals surface area contributed by atoms with Crippen molar-refractivity contribution in [2.75, 3.05) is 26.3 Å². The maximum absolute atomic E-state index is 12.9. The number of benzene rings is 1. The molecular weight excluding hydrogens is 513 g/mol. The van der Waals surface area contributed by atoms with E-state index in [1.54, 1.807) is 5.01 Å². The van der Waals surface area contributed by atoms with Crippen molar-refractivity contribution in [3.8, 4) is 17.0 Å². The lowest BCUT2D eigenvalue weighted by Crippen LogP contribution is -2.48. The van der Waals surface area contributed by atoms with Gasteiger partial charge < -0.3 is 9.84 Å². The largest absolute Gasteiger partial charge is 0.504 e. The molecule has 0 spiro atoms. The zero-order valence-corrected chi connectivity index (χ0v) is 20.6. The second kappa shape index (κ2) is 10.7. The van der Waals surface area contributed by atoms with Gasteiger partial charge in [-0.05, 0) is 31.2 Å². The Hall–Kier alpha value is -3.75. The van der Waals surface area contributed by atoms with Crippen molar-refractivity contribution in [1.82, 2.24) is 25.6 Å². The number of hydrogen-bond acceptors (Lipinski definition) is 8. The molecule has 1 saturated heterocycles. The molecule has 0 aliphatic carbocycles. The van der Waals surface area contributed by atoms with E-state index in [9.17, 15) is 27.9 Å². The first kappa shape index (κ1) is 26.3. The number of carbonyl (C=O) groups excluding carboxylic acids is 2. The van der Waals surface area contributed by atoms with Crippen molar-refractivity contribution in [1.29, 1.82) is 0 Å². The van der Waals surface area contributed by atoms with Gasteiger partial charge in [0.25, 0.3) is 11.8 Å². The number of amides is 2. The molecule has 3 N–H and O–H groups in total. The van der Waals surface area contributed by atoms with Gasteiger partial charge in [0.15, 0.2) is 11.4 Å². The fraction of sp³-hybridized carbons (Fsp3) is 0.304. The summed E-state index contributed by atoms with van der Waals surface area (Å²) in [6, 6.07) is 7.34. The van der Waals surface area contributed by atoms with E-state index in [2.05, 4.69) is 21.1 Å². The van der Waals surface area contributed by atoms with Crippen LogP contribution in [-0.2, 0) is 18.0 Å². The number of nitrogens with zero attached hydrogens (tertiary/aromatic N) is 4. The summed E-state index contributed by atoms with van der Waals surface area (Å²) < 4.78 is 45.1. The molecule has 1 aliphatic rings. The Kier molecular flexibility index (Phi) is 7.61. The van der Waals surface area contributed by atoms with Crippen LogP contribution in [0.5, 0.6) is 5.75 Å². The average molecular weight is 537 g/mol. The first-order valence-corrected chi connectivity index (χ1v) is 11.9. The number of hydrogen-bond donors (Lipinski definition) is 3. The SMILES string of the molecule is C/C(=N\NC(=O)c1ccc(C(=O)NN2CCOCC2)s1)c1nn(C)c(-c2ccc(C(F)(F)F)cc2)c1O. The van der Waals surface area contributed by atoms with Crippen molar-refractivity contribution >= 4 is 28.9 Å². The van der Waals surface area contributed by atoms with E-state index in [0.29, 0.717) is 36.7 Å². The first-order chi connectivity index (χ1) is 17.5. The Balaban J connectivity index is 1.44. The first-order valence-electron chi connectivity index (χ1n) is 11.1. The number of nitrogens with one attached hydrogen (secondary N) is 2. The van der Waals surface area contributed by atoms with Crippen LogP contribution >= 0.6 is 11.3 Å². The molecule has 0 saturated carbocycles. The van der Waals surface area contributed by atoms with Crippen molar-refractivity contribution in [3.63, 3.8) is 0 Å². The Labute approximate surface area is 213 Å². The third-order valence-corrected chi connectivity index (χ3v) is 6.58. The number of aromatic nitrogens is 2. The summed E-state index contributed by atoms with van der Waals surface area (Å²) in [5, 5.41) is 20.6. The minimum Gasteiger partial charge on any atom is -0.504 e. The van der Waals surface area contributed by atoms with Gasteiger partial charge in [0.2, 0.25) is 0 Å². The lowest BCUT2D eigenvalue weighted by Gasteiger charge is -2.26. The minimum absolute atomic E-state index is 0.0504. The van der Waals surface area contributed by atoms with Gasteiger partial charge in [-0.2, -0.15) is 23.4 Å². The highest BCUT2D eigenvalue weighted by Gasteiger charge is 2.30. The lowest BCUT2D eigenvalue weighted by molar-refractivity contribution is -0.137. The zero-order valence-electron chi connectivity index (χ0n) is 19.8. The number of rotatable bonds is 6. The highest BCUT2D eigenvalue weighted by Crippen LogP contribution is 2.35. The molecule has 2 aromatic heterocycles. The van der Waals surface area contributed by atoms with Crippen molar-refractivity contribution in [3.05, 3.63) is 57.4 Å². The smallest absolute Gasteiger partial charge is 0.416 e. The van der Waals surface area contributed by atoms with Gasteiger partial charge >= 0.3 is 6.18 Å². The van der Waals surface area contributed by atoms with Crippen molar-refractivity contribution in [2.45, 2.75) is 13.1 Å². The molecule has 1 fully saturated rings. The standard InChI is InChI=1S/C23H23F3N6O4S/c1-13(18-20(33)19(31(2)29-18)14-3-5-15(6-4-14)23(24,25)26)27-28-21(34)16-7-8-17(37-16)22(35)30-32-9-11-36-12-10-32/h3-8,33H,9-12H2,1-2H3,(H,28,34)(H,30,35)/b27-13+. The van der Waals surface area contributed by atoms with E-state index in [1.807, 2.05) is 0 Å². The van der Waals surface area contributed by atoms with Crippen LogP contribution in [0.25, 0.3) is 11.3 Å². The molecule has 1 aromatic carbocycles. The number of aromatic hydroxyl groups is 1. The minimum atomic E-state index is -4.48. The van der Waals surface area contributed by atoms with Gasteiger partial charge in [-0.3, -0.25) is 19.7 Å². The highest BCUT2D eigenvalue weighted by molar-refractivity contribution is 7.15. The van der Waals surface area contributed by atoms with E-state index < -0.39 is 17.6 Å². The fourth-order valence-electron chi connectivity index (χ4n) is 3.60. The molecule has 37 heavy (non-hydrogen) atoms. The predicted molar refractivity (Wildman–Crippen MR) is 129 cm³/mol. The van der Waals surface area contributed by atoms with E-state index in [4.69, 9.17) is 4.74 Å². The number of halogens is 3. The van der Waals surface area contributed by atoms with Gasteiger partial charge in [0, 0.05) is 25.7 Å². The summed E-state index contributed by atoms with van der Waals surface area (Å²) in [7, 11) is 1.53. The monoisotopic (exact) mass is 536 g/mol. The lowest BCUT2D eigenvalue weighted by atomic mass is 10.1. The molecule has 0 atom stereocenters. The van der Waals surface area contributed by atoms with Gasteiger partial charge in [0.1, 0.15) is 5.69 Å². The van der Waals surface area contributed by atoms with Crippen LogP contribution in [0.3, 0.4) is 0 Å². The summed E-state index contributed by atoms with van der Waals surface area (Å²) in [5.41, 5.74) is 5.06. The predicted octanol–water partition coefficient (Wildman–Crippen LogP) is 3.00. The summed E-state index contributed by atoms with van der Waals surface area (Å²) >= 11 is 0.994. The Morgan fingerprint density at radius 1 is 1.08 bits per heavy atom. The second-order valence-electron chi connectivity index (χ2n) is 8.09. The molecule has 4 rings (SSSR count). The molecule has 0 bridgehead atoms. The molecule has 3 heterocycles. The van der Waals surface area contributed by atoms with Crippen molar-refractivity contribution in [2.24, 2.45) is 12.1 Å². The maximum atomic E-state index is 12.9. The zero-order chi connectivity index (χ0) is 26.7. The molecule has 0 unspecified atom stereocenters. The maximum Gasteiger partial charge on any atom is 0.416 e. The summed E-state index contributed by atoms with van der Waals surface area (Å²) in [6.07, 6.45) is -4.48. The average Bonchev–Trinajstić information content (AvgIpc) is 3.47. The van der Waals surface area contributed by atoms with E-state index in [0.717, 1.165) is 23.5 Å². The molecule has 0 radical (unpaired) electrons. The Bertz CT molecular complexity index is 1330. The topological polar surface area (TPSA) is 121 Å². The summed E-state index contributed by atoms with van der Waals surface area (Å²) in [4.78, 5) is 25.6. The van der Waals surface area contributed by atoms with Crippen LogP contribution in [-0.4, -0.2) is 63.7 Å². The number of alkyl halides is 3. The van der Waals surface area contributed by atoms with E-state index in [-0.39, 0.29) is 33.6 Å². The Morgan fingerprint density at radius 3 is 2.32 bits per heavy atom. The molecular formula is C23H23F3N6O4S. The number of morpholine rings is 1. The Morgan fingerprint density at radius 2 is 1.70 bits per heavy atom. The van der Waals surface area contributed by atoms with E-state index in [1.165, 1.54) is 42.9 Å². The number of hydrazone groups is 1. The summed E-state index contributed by atoms with van der Waals surface area (Å²) in [5.74, 6) is -1.19. The number of aryl methyl sites for hydroxylation is 1. The highest BCUT2D eigenvalue weighted by atomic mass is 32.1. The van der Waals surface area contributed by atoms with Crippen LogP contribution in [0, 0.1) is 0 Å². The fourth-order valence-corrected chi connectivity index (χ4v) is 4.38. The third-order valence-electron chi connectivity index (χ3n) is 5.50. The molecule has 2 amide bonds. The molecule has 196 valence electrons. The van der Waals surface area contributed by atoms with Crippen LogP contribution in [0.2, 0.25) is 0 Å². The van der Waals surface area contributed by atoms with Crippen molar-refractivity contribution < 1.29 is 32.6 Å². The molecule has 1 aliphatic heterocycles. The normalized spacial score (nSPS) is 15.0. The van der Waals surface area contributed by atoms with Crippen LogP contribution in [0.1, 0.15) is 37.5 Å². The van der Waals surface area contributed by atoms with Crippen LogP contribution in [0.4, 0.5) is 13.2 Å².